The van der Waals surface area contributed by atoms with E-state index in [9.17, 15) is 4.79 Å². The van der Waals surface area contributed by atoms with Gasteiger partial charge >= 0.3 is 0 Å². The van der Waals surface area contributed by atoms with E-state index in [4.69, 9.17) is 14.2 Å². The van der Waals surface area contributed by atoms with Crippen LogP contribution in [-0.4, -0.2) is 94.8 Å². The van der Waals surface area contributed by atoms with Crippen LogP contribution in [0, 0.1) is 11.8 Å². The molecular formula is C29H42N4O4. The molecule has 2 saturated heterocycles. The lowest BCUT2D eigenvalue weighted by Crippen LogP contribution is -2.51. The van der Waals surface area contributed by atoms with Gasteiger partial charge in [0.05, 0.1) is 27.2 Å². The third-order valence-electron chi connectivity index (χ3n) is 7.58. The number of piperidine rings is 1. The second-order valence-corrected chi connectivity index (χ2v) is 10.4. The number of benzene rings is 2. The van der Waals surface area contributed by atoms with Crippen molar-refractivity contribution < 1.29 is 19.0 Å². The Morgan fingerprint density at radius 1 is 0.865 bits per heavy atom. The standard InChI is InChI=1S/C29H42N4O4/c1-31-11-13-32(14-12-31)19-24-15-25(29(34)30-17-22-5-8-26(35-2)9-6-22)21-33(20-24)18-23-7-10-27(36-3)28(16-23)37-4/h5-10,16,24-25H,11-15,17-21H2,1-4H3,(H,30,34)/t24-,25-/m1/s1. The first-order valence-corrected chi connectivity index (χ1v) is 13.2. The summed E-state index contributed by atoms with van der Waals surface area (Å²) in [6.07, 6.45) is 0.920. The highest BCUT2D eigenvalue weighted by molar-refractivity contribution is 5.79. The number of hydrogen-bond acceptors (Lipinski definition) is 7. The van der Waals surface area contributed by atoms with Gasteiger partial charge in [-0.3, -0.25) is 9.69 Å². The van der Waals surface area contributed by atoms with Crippen molar-refractivity contribution in [2.45, 2.75) is 19.5 Å². The molecule has 2 aromatic carbocycles. The predicted molar refractivity (Wildman–Crippen MR) is 145 cm³/mol. The maximum atomic E-state index is 13.3. The zero-order chi connectivity index (χ0) is 26.2. The van der Waals surface area contributed by atoms with Crippen LogP contribution < -0.4 is 19.5 Å². The first kappa shape index (κ1) is 27.2. The van der Waals surface area contributed by atoms with E-state index in [2.05, 4.69) is 33.1 Å². The van der Waals surface area contributed by atoms with Crippen molar-refractivity contribution >= 4 is 5.91 Å². The number of piperazine rings is 1. The van der Waals surface area contributed by atoms with Gasteiger partial charge in [0, 0.05) is 58.9 Å². The van der Waals surface area contributed by atoms with E-state index in [0.717, 1.165) is 87.2 Å². The Labute approximate surface area is 221 Å². The molecule has 8 nitrogen and oxygen atoms in total. The van der Waals surface area contributed by atoms with Crippen molar-refractivity contribution in [3.05, 3.63) is 53.6 Å². The summed E-state index contributed by atoms with van der Waals surface area (Å²) in [4.78, 5) is 20.7. The Hall–Kier alpha value is -2.81. The van der Waals surface area contributed by atoms with Gasteiger partial charge in [-0.2, -0.15) is 0 Å². The molecule has 8 heteroatoms. The van der Waals surface area contributed by atoms with Crippen LogP contribution in [0.2, 0.25) is 0 Å². The average Bonchev–Trinajstić information content (AvgIpc) is 2.93. The SMILES string of the molecule is COc1ccc(CNC(=O)[C@@H]2C[C@H](CN3CCN(C)CC3)CN(Cc3ccc(OC)c(OC)c3)C2)cc1. The highest BCUT2D eigenvalue weighted by Gasteiger charge is 2.33. The van der Waals surface area contributed by atoms with Gasteiger partial charge in [-0.1, -0.05) is 18.2 Å². The molecule has 202 valence electrons. The molecule has 2 aliphatic rings. The fourth-order valence-electron chi connectivity index (χ4n) is 5.46. The molecular weight excluding hydrogens is 468 g/mol. The van der Waals surface area contributed by atoms with Crippen molar-refractivity contribution in [2.24, 2.45) is 11.8 Å². The van der Waals surface area contributed by atoms with Crippen molar-refractivity contribution in [1.82, 2.24) is 20.0 Å². The lowest BCUT2D eigenvalue weighted by atomic mass is 9.87. The molecule has 37 heavy (non-hydrogen) atoms. The Morgan fingerprint density at radius 3 is 2.24 bits per heavy atom. The Morgan fingerprint density at radius 2 is 1.57 bits per heavy atom. The molecule has 2 fully saturated rings. The summed E-state index contributed by atoms with van der Waals surface area (Å²) < 4.78 is 16.2. The number of hydrogen-bond donors (Lipinski definition) is 1. The number of rotatable bonds is 10. The first-order chi connectivity index (χ1) is 18.0. The quantitative estimate of drug-likeness (QED) is 0.527. The van der Waals surface area contributed by atoms with Gasteiger partial charge in [-0.15, -0.1) is 0 Å². The second kappa shape index (κ2) is 13.1. The fourth-order valence-corrected chi connectivity index (χ4v) is 5.46. The number of methoxy groups -OCH3 is 3. The van der Waals surface area contributed by atoms with E-state index < -0.39 is 0 Å². The number of amides is 1. The first-order valence-electron chi connectivity index (χ1n) is 13.2. The molecule has 4 rings (SSSR count). The number of nitrogens with zero attached hydrogens (tertiary/aromatic N) is 3. The minimum Gasteiger partial charge on any atom is -0.497 e. The van der Waals surface area contributed by atoms with E-state index >= 15 is 0 Å². The van der Waals surface area contributed by atoms with Crippen LogP contribution >= 0.6 is 0 Å². The van der Waals surface area contributed by atoms with Crippen molar-refractivity contribution in [2.75, 3.05) is 74.2 Å². The number of ether oxygens (including phenoxy) is 3. The molecule has 0 spiro atoms. The molecule has 2 heterocycles. The second-order valence-electron chi connectivity index (χ2n) is 10.4. The zero-order valence-electron chi connectivity index (χ0n) is 22.7. The number of carbonyl (C=O) groups excluding carboxylic acids is 1. The third kappa shape index (κ3) is 7.60. The van der Waals surface area contributed by atoms with Crippen molar-refractivity contribution in [3.8, 4) is 17.2 Å². The maximum Gasteiger partial charge on any atom is 0.224 e. The third-order valence-corrected chi connectivity index (χ3v) is 7.58. The van der Waals surface area contributed by atoms with Gasteiger partial charge in [0.1, 0.15) is 5.75 Å². The smallest absolute Gasteiger partial charge is 0.224 e. The van der Waals surface area contributed by atoms with Crippen LogP contribution in [0.15, 0.2) is 42.5 Å². The summed E-state index contributed by atoms with van der Waals surface area (Å²) in [6, 6.07) is 13.9. The van der Waals surface area contributed by atoms with Gasteiger partial charge < -0.3 is 29.3 Å². The van der Waals surface area contributed by atoms with Crippen LogP contribution in [0.1, 0.15) is 17.5 Å². The number of likely N-dealkylation sites (tertiary alicyclic amines) is 1. The summed E-state index contributed by atoms with van der Waals surface area (Å²) in [6.45, 7) is 8.49. The van der Waals surface area contributed by atoms with Crippen molar-refractivity contribution in [3.63, 3.8) is 0 Å². The number of likely N-dealkylation sites (N-methyl/N-ethyl adjacent to an activating group) is 1. The summed E-state index contributed by atoms with van der Waals surface area (Å²) in [7, 11) is 7.16. The molecule has 0 aromatic heterocycles. The molecule has 0 saturated carbocycles. The van der Waals surface area contributed by atoms with E-state index in [0.29, 0.717) is 12.5 Å². The van der Waals surface area contributed by atoms with E-state index in [1.807, 2.05) is 36.4 Å². The molecule has 0 bridgehead atoms. The van der Waals surface area contributed by atoms with Crippen LogP contribution in [-0.2, 0) is 17.9 Å². The van der Waals surface area contributed by atoms with E-state index in [1.54, 1.807) is 21.3 Å². The highest BCUT2D eigenvalue weighted by atomic mass is 16.5. The molecule has 0 unspecified atom stereocenters. The summed E-state index contributed by atoms with van der Waals surface area (Å²) in [5.41, 5.74) is 2.23. The van der Waals surface area contributed by atoms with Crippen LogP contribution in [0.5, 0.6) is 17.2 Å². The minimum absolute atomic E-state index is 0.0374. The van der Waals surface area contributed by atoms with E-state index in [-0.39, 0.29) is 11.8 Å². The Balaban J connectivity index is 1.42. The highest BCUT2D eigenvalue weighted by Crippen LogP contribution is 2.30. The summed E-state index contributed by atoms with van der Waals surface area (Å²) in [5.74, 6) is 2.84. The molecule has 1 amide bonds. The van der Waals surface area contributed by atoms with Crippen LogP contribution in [0.4, 0.5) is 0 Å². The maximum absolute atomic E-state index is 13.3. The van der Waals surface area contributed by atoms with Crippen molar-refractivity contribution in [1.29, 1.82) is 0 Å². The molecule has 2 aromatic rings. The Kier molecular flexibility index (Phi) is 9.66. The topological polar surface area (TPSA) is 66.5 Å². The molecule has 0 aliphatic carbocycles. The fraction of sp³-hybridized carbons (Fsp3) is 0.552. The van der Waals surface area contributed by atoms with Crippen LogP contribution in [0.3, 0.4) is 0 Å². The normalized spacial score (nSPS) is 21.4. The molecule has 2 atom stereocenters. The number of carbonyl (C=O) groups is 1. The molecule has 1 N–H and O–H groups in total. The summed E-state index contributed by atoms with van der Waals surface area (Å²) in [5, 5.41) is 3.19. The van der Waals surface area contributed by atoms with E-state index in [1.165, 1.54) is 0 Å². The van der Waals surface area contributed by atoms with Gasteiger partial charge in [0.2, 0.25) is 5.91 Å². The molecule has 0 radical (unpaired) electrons. The average molecular weight is 511 g/mol. The van der Waals surface area contributed by atoms with Gasteiger partial charge in [-0.05, 0) is 54.8 Å². The zero-order valence-corrected chi connectivity index (χ0v) is 22.7. The predicted octanol–water partition coefficient (Wildman–Crippen LogP) is 2.71. The summed E-state index contributed by atoms with van der Waals surface area (Å²) >= 11 is 0. The van der Waals surface area contributed by atoms with Gasteiger partial charge in [-0.25, -0.2) is 0 Å². The molecule has 2 aliphatic heterocycles. The lowest BCUT2D eigenvalue weighted by molar-refractivity contribution is -0.128. The monoisotopic (exact) mass is 510 g/mol. The van der Waals surface area contributed by atoms with Gasteiger partial charge in [0.15, 0.2) is 11.5 Å². The van der Waals surface area contributed by atoms with Gasteiger partial charge in [0.25, 0.3) is 0 Å². The van der Waals surface area contributed by atoms with Crippen LogP contribution in [0.25, 0.3) is 0 Å². The number of nitrogens with one attached hydrogen (secondary N) is 1. The Bertz CT molecular complexity index is 1010. The minimum atomic E-state index is -0.0374. The largest absolute Gasteiger partial charge is 0.497 e. The lowest BCUT2D eigenvalue weighted by Gasteiger charge is -2.41.